The lowest BCUT2D eigenvalue weighted by molar-refractivity contribution is 0.194. The van der Waals surface area contributed by atoms with Crippen LogP contribution in [0.3, 0.4) is 0 Å². The summed E-state index contributed by atoms with van der Waals surface area (Å²) < 4.78 is 2.68. The van der Waals surface area contributed by atoms with Gasteiger partial charge >= 0.3 is 6.09 Å². The molecule has 11 heteroatoms. The third kappa shape index (κ3) is 3.33. The maximum atomic E-state index is 12.4. The summed E-state index contributed by atoms with van der Waals surface area (Å²) >= 11 is 1.50. The number of nitrogens with two attached hydrogens (primary N) is 1. The Balaban J connectivity index is 1.76. The van der Waals surface area contributed by atoms with E-state index in [1.165, 1.54) is 11.3 Å². The summed E-state index contributed by atoms with van der Waals surface area (Å²) in [5, 5.41) is 33.5. The normalized spacial score (nSPS) is 11.1. The number of benzene rings is 2. The predicted molar refractivity (Wildman–Crippen MR) is 129 cm³/mol. The molecule has 0 saturated heterocycles. The minimum absolute atomic E-state index is 0.111. The minimum atomic E-state index is -1.21. The van der Waals surface area contributed by atoms with Crippen LogP contribution in [0.1, 0.15) is 11.3 Å². The van der Waals surface area contributed by atoms with Gasteiger partial charge in [-0.1, -0.05) is 18.2 Å². The Kier molecular flexibility index (Phi) is 4.99. The van der Waals surface area contributed by atoms with E-state index in [0.29, 0.717) is 22.2 Å². The van der Waals surface area contributed by atoms with Crippen LogP contribution in [0.25, 0.3) is 42.6 Å². The Morgan fingerprint density at radius 1 is 1.32 bits per heavy atom. The molecule has 0 saturated carbocycles. The molecule has 168 valence electrons. The number of aromatic nitrogens is 4. The van der Waals surface area contributed by atoms with Gasteiger partial charge in [0.25, 0.3) is 5.56 Å². The number of nitrogen functional groups attached to an aromatic ring is 1. The number of aromatic amines is 1. The van der Waals surface area contributed by atoms with Crippen LogP contribution in [0.4, 0.5) is 10.5 Å². The van der Waals surface area contributed by atoms with Crippen molar-refractivity contribution in [2.24, 2.45) is 7.05 Å². The van der Waals surface area contributed by atoms with Crippen molar-refractivity contribution in [3.05, 3.63) is 64.2 Å². The van der Waals surface area contributed by atoms with Crippen molar-refractivity contribution in [1.29, 1.82) is 5.26 Å². The van der Waals surface area contributed by atoms with Crippen LogP contribution in [0, 0.1) is 11.3 Å². The van der Waals surface area contributed by atoms with Crippen molar-refractivity contribution in [3.8, 4) is 27.8 Å². The van der Waals surface area contributed by atoms with Crippen molar-refractivity contribution in [2.75, 3.05) is 5.73 Å². The predicted octanol–water partition coefficient (Wildman–Crippen LogP) is 3.43. The molecule has 5 N–H and O–H groups in total. The highest BCUT2D eigenvalue weighted by molar-refractivity contribution is 7.22. The van der Waals surface area contributed by atoms with E-state index < -0.39 is 11.7 Å². The summed E-state index contributed by atoms with van der Waals surface area (Å²) in [6.07, 6.45) is 0.464. The number of nitrogens with zero attached hydrogens (tertiary/aromatic N) is 4. The summed E-state index contributed by atoms with van der Waals surface area (Å²) in [7, 11) is 1.79. The van der Waals surface area contributed by atoms with Gasteiger partial charge in [-0.05, 0) is 23.8 Å². The number of carbonyl (C=O) groups is 1. The first kappa shape index (κ1) is 21.2. The van der Waals surface area contributed by atoms with Gasteiger partial charge in [0.05, 0.1) is 40.0 Å². The minimum Gasteiger partial charge on any atom is -0.465 e. The molecule has 1 amide bonds. The van der Waals surface area contributed by atoms with Crippen LogP contribution >= 0.6 is 11.3 Å². The molecule has 5 aromatic rings. The fourth-order valence-corrected chi connectivity index (χ4v) is 5.31. The topological polar surface area (TPSA) is 163 Å². The number of fused-ring (bicyclic) bond motifs is 2. The summed E-state index contributed by atoms with van der Waals surface area (Å²) in [6, 6.07) is 13.4. The highest BCUT2D eigenvalue weighted by atomic mass is 32.1. The van der Waals surface area contributed by atoms with E-state index in [4.69, 9.17) is 10.8 Å². The van der Waals surface area contributed by atoms with Crippen LogP contribution in [-0.4, -0.2) is 31.2 Å². The van der Waals surface area contributed by atoms with Gasteiger partial charge in [0.1, 0.15) is 6.07 Å². The Bertz CT molecular complexity index is 1710. The third-order valence-electron chi connectivity index (χ3n) is 5.58. The number of amides is 1. The number of nitrogens with one attached hydrogen (secondary N) is 2. The van der Waals surface area contributed by atoms with Gasteiger partial charge in [-0.2, -0.15) is 15.5 Å². The molecule has 2 aromatic carbocycles. The molecule has 34 heavy (non-hydrogen) atoms. The summed E-state index contributed by atoms with van der Waals surface area (Å²) in [6.45, 7) is -0.111. The molecule has 0 unspecified atom stereocenters. The SMILES string of the molecule is Cn1ncc(-c2cc(N)c3c(=O)[nH]nc(CNC(=O)O)c3c2)c1-c1sc2ccccc2c1C#N. The van der Waals surface area contributed by atoms with Gasteiger partial charge in [-0.25, -0.2) is 9.89 Å². The molecule has 0 atom stereocenters. The Morgan fingerprint density at radius 3 is 2.88 bits per heavy atom. The monoisotopic (exact) mass is 471 g/mol. The molecule has 3 aromatic heterocycles. The molecule has 0 fully saturated rings. The van der Waals surface area contributed by atoms with Crippen molar-refractivity contribution in [2.45, 2.75) is 6.54 Å². The second-order valence-electron chi connectivity index (χ2n) is 7.59. The molecule has 0 aliphatic heterocycles. The number of anilines is 1. The Labute approximate surface area is 195 Å². The Morgan fingerprint density at radius 2 is 2.12 bits per heavy atom. The van der Waals surface area contributed by atoms with Crippen LogP contribution in [0.2, 0.25) is 0 Å². The van der Waals surface area contributed by atoms with E-state index in [2.05, 4.69) is 26.7 Å². The first-order chi connectivity index (χ1) is 16.4. The van der Waals surface area contributed by atoms with Crippen molar-refractivity contribution < 1.29 is 9.90 Å². The van der Waals surface area contributed by atoms with E-state index in [9.17, 15) is 14.9 Å². The maximum Gasteiger partial charge on any atom is 0.404 e. The quantitative estimate of drug-likeness (QED) is 0.292. The molecular weight excluding hydrogens is 454 g/mol. The third-order valence-corrected chi connectivity index (χ3v) is 6.76. The van der Waals surface area contributed by atoms with Gasteiger partial charge < -0.3 is 16.2 Å². The standard InChI is InChI=1S/C23H17N7O3S/c1-30-20(21-14(8-24)12-4-2-3-5-18(12)34-21)15(9-27-30)11-6-13-17(10-26-23(32)33)28-29-22(31)19(13)16(25)7-11/h2-7,9,26H,10,25H2,1H3,(H,29,31)(H,32,33). The number of rotatable bonds is 4. The lowest BCUT2D eigenvalue weighted by Crippen LogP contribution is -2.23. The van der Waals surface area contributed by atoms with Gasteiger partial charge in [-0.15, -0.1) is 11.3 Å². The van der Waals surface area contributed by atoms with E-state index in [0.717, 1.165) is 26.2 Å². The second-order valence-corrected chi connectivity index (χ2v) is 8.64. The number of carboxylic acid groups (broad SMARTS) is 1. The molecule has 10 nitrogen and oxygen atoms in total. The molecule has 0 radical (unpaired) electrons. The maximum absolute atomic E-state index is 12.4. The highest BCUT2D eigenvalue weighted by Gasteiger charge is 2.22. The average molecular weight is 472 g/mol. The van der Waals surface area contributed by atoms with E-state index >= 15 is 0 Å². The molecule has 5 rings (SSSR count). The highest BCUT2D eigenvalue weighted by Crippen LogP contribution is 2.43. The van der Waals surface area contributed by atoms with Gasteiger partial charge in [-0.3, -0.25) is 9.48 Å². The zero-order valence-electron chi connectivity index (χ0n) is 17.8. The van der Waals surface area contributed by atoms with Crippen LogP contribution in [0.5, 0.6) is 0 Å². The van der Waals surface area contributed by atoms with E-state index in [1.807, 2.05) is 24.3 Å². The first-order valence-corrected chi connectivity index (χ1v) is 10.9. The lowest BCUT2D eigenvalue weighted by Gasteiger charge is -2.11. The number of H-pyrrole nitrogens is 1. The molecule has 0 spiro atoms. The van der Waals surface area contributed by atoms with Crippen LogP contribution < -0.4 is 16.6 Å². The van der Waals surface area contributed by atoms with Crippen molar-refractivity contribution in [3.63, 3.8) is 0 Å². The van der Waals surface area contributed by atoms with Gasteiger partial charge in [0.15, 0.2) is 0 Å². The first-order valence-electron chi connectivity index (χ1n) is 10.1. The second kappa shape index (κ2) is 8.02. The number of nitriles is 1. The molecule has 0 aliphatic carbocycles. The largest absolute Gasteiger partial charge is 0.465 e. The van der Waals surface area contributed by atoms with E-state index in [1.54, 1.807) is 30.1 Å². The average Bonchev–Trinajstić information content (AvgIpc) is 3.37. The molecule has 3 heterocycles. The zero-order valence-corrected chi connectivity index (χ0v) is 18.6. The molecular formula is C23H17N7O3S. The Hall–Kier alpha value is -4.69. The van der Waals surface area contributed by atoms with Crippen LogP contribution in [0.15, 0.2) is 47.4 Å². The number of hydrogen-bond donors (Lipinski definition) is 4. The van der Waals surface area contributed by atoms with Crippen molar-refractivity contribution >= 4 is 44.0 Å². The number of thiophene rings is 1. The summed E-state index contributed by atoms with van der Waals surface area (Å²) in [5.41, 5.74) is 9.03. The van der Waals surface area contributed by atoms with Gasteiger partial charge in [0.2, 0.25) is 0 Å². The van der Waals surface area contributed by atoms with E-state index in [-0.39, 0.29) is 17.6 Å². The lowest BCUT2D eigenvalue weighted by atomic mass is 9.98. The van der Waals surface area contributed by atoms with Crippen molar-refractivity contribution in [1.82, 2.24) is 25.3 Å². The summed E-state index contributed by atoms with van der Waals surface area (Å²) in [5.74, 6) is 0. The molecule has 0 bridgehead atoms. The number of hydrogen-bond acceptors (Lipinski definition) is 7. The van der Waals surface area contributed by atoms with Crippen LogP contribution in [-0.2, 0) is 13.6 Å². The van der Waals surface area contributed by atoms with Gasteiger partial charge in [0, 0.05) is 33.8 Å². The molecule has 0 aliphatic rings. The smallest absolute Gasteiger partial charge is 0.404 e. The zero-order chi connectivity index (χ0) is 24.0. The fraction of sp³-hybridized carbons (Fsp3) is 0.0870. The summed E-state index contributed by atoms with van der Waals surface area (Å²) in [4.78, 5) is 24.2. The fourth-order valence-electron chi connectivity index (χ4n) is 4.07. The number of aryl methyl sites for hydroxylation is 1.